The summed E-state index contributed by atoms with van der Waals surface area (Å²) in [7, 11) is 0. The Morgan fingerprint density at radius 1 is 1.43 bits per heavy atom. The van der Waals surface area contributed by atoms with Gasteiger partial charge in [0.05, 0.1) is 6.54 Å². The third-order valence-electron chi connectivity index (χ3n) is 2.58. The van der Waals surface area contributed by atoms with Gasteiger partial charge in [0, 0.05) is 6.04 Å². The lowest BCUT2D eigenvalue weighted by molar-refractivity contribution is 0.568. The number of nitrogens with one attached hydrogen (secondary N) is 1. The summed E-state index contributed by atoms with van der Waals surface area (Å²) >= 11 is 0. The molecule has 1 aliphatic carbocycles. The minimum atomic E-state index is 0. The summed E-state index contributed by atoms with van der Waals surface area (Å²) < 4.78 is 0. The molecule has 1 atom stereocenters. The zero-order valence-corrected chi connectivity index (χ0v) is 8.81. The SMILES string of the molecule is C#CCN[C@H]1CCc2ccccc21.Cl. The molecule has 14 heavy (non-hydrogen) atoms. The molecule has 0 amide bonds. The molecule has 0 radical (unpaired) electrons. The number of rotatable bonds is 2. The van der Waals surface area contributed by atoms with E-state index in [-0.39, 0.29) is 12.4 Å². The molecule has 0 saturated heterocycles. The number of hydrogen-bond acceptors (Lipinski definition) is 1. The van der Waals surface area contributed by atoms with E-state index < -0.39 is 0 Å². The zero-order chi connectivity index (χ0) is 9.10. The average Bonchev–Trinajstić information content (AvgIpc) is 2.58. The van der Waals surface area contributed by atoms with Crippen LogP contribution >= 0.6 is 12.4 Å². The number of aryl methyl sites for hydroxylation is 1. The van der Waals surface area contributed by atoms with Crippen LogP contribution in [-0.2, 0) is 6.42 Å². The third kappa shape index (κ3) is 2.09. The minimum Gasteiger partial charge on any atom is -0.299 e. The van der Waals surface area contributed by atoms with Crippen molar-refractivity contribution < 1.29 is 0 Å². The summed E-state index contributed by atoms with van der Waals surface area (Å²) in [5, 5.41) is 3.35. The molecule has 2 heteroatoms. The molecule has 0 spiro atoms. The maximum atomic E-state index is 5.21. The zero-order valence-electron chi connectivity index (χ0n) is 7.99. The van der Waals surface area contributed by atoms with Gasteiger partial charge in [-0.05, 0) is 24.0 Å². The molecule has 1 N–H and O–H groups in total. The van der Waals surface area contributed by atoms with Crippen LogP contribution in [0.5, 0.6) is 0 Å². The molecule has 1 aromatic rings. The smallest absolute Gasteiger partial charge is 0.0578 e. The topological polar surface area (TPSA) is 12.0 Å². The summed E-state index contributed by atoms with van der Waals surface area (Å²) in [5.74, 6) is 2.61. The van der Waals surface area contributed by atoms with E-state index in [0.717, 1.165) is 0 Å². The van der Waals surface area contributed by atoms with Gasteiger partial charge in [-0.25, -0.2) is 0 Å². The van der Waals surface area contributed by atoms with Gasteiger partial charge in [-0.3, -0.25) is 5.32 Å². The van der Waals surface area contributed by atoms with Crippen LogP contribution < -0.4 is 5.32 Å². The van der Waals surface area contributed by atoms with Gasteiger partial charge in [0.1, 0.15) is 0 Å². The van der Waals surface area contributed by atoms with E-state index in [1.165, 1.54) is 24.0 Å². The summed E-state index contributed by atoms with van der Waals surface area (Å²) in [6, 6.07) is 9.06. The van der Waals surface area contributed by atoms with Crippen molar-refractivity contribution in [1.82, 2.24) is 5.32 Å². The second kappa shape index (κ2) is 5.05. The lowest BCUT2D eigenvalue weighted by atomic mass is 10.1. The predicted octanol–water partition coefficient (Wildman–Crippen LogP) is 2.32. The Labute approximate surface area is 91.3 Å². The Balaban J connectivity index is 0.000000980. The molecule has 0 bridgehead atoms. The maximum absolute atomic E-state index is 5.21. The van der Waals surface area contributed by atoms with Crippen molar-refractivity contribution in [2.75, 3.05) is 6.54 Å². The summed E-state index contributed by atoms with van der Waals surface area (Å²) in [6.07, 6.45) is 7.57. The van der Waals surface area contributed by atoms with Gasteiger partial charge in [-0.15, -0.1) is 18.8 Å². The summed E-state index contributed by atoms with van der Waals surface area (Å²) in [6.45, 7) is 0.666. The van der Waals surface area contributed by atoms with Crippen molar-refractivity contribution in [3.63, 3.8) is 0 Å². The molecule has 1 aromatic carbocycles. The van der Waals surface area contributed by atoms with E-state index >= 15 is 0 Å². The Hall–Kier alpha value is -0.970. The number of benzene rings is 1. The average molecular weight is 208 g/mol. The van der Waals surface area contributed by atoms with E-state index in [9.17, 15) is 0 Å². The molecule has 0 aromatic heterocycles. The minimum absolute atomic E-state index is 0. The molecular formula is C12H14ClN. The van der Waals surface area contributed by atoms with Gasteiger partial charge < -0.3 is 0 Å². The Morgan fingerprint density at radius 2 is 2.21 bits per heavy atom. The van der Waals surface area contributed by atoms with Crippen LogP contribution in [0.2, 0.25) is 0 Å². The van der Waals surface area contributed by atoms with Crippen LogP contribution in [0.4, 0.5) is 0 Å². The molecule has 0 saturated carbocycles. The van der Waals surface area contributed by atoms with E-state index in [2.05, 4.69) is 35.5 Å². The molecule has 1 nitrogen and oxygen atoms in total. The van der Waals surface area contributed by atoms with Gasteiger partial charge in [0.15, 0.2) is 0 Å². The predicted molar refractivity (Wildman–Crippen MR) is 61.6 cm³/mol. The lowest BCUT2D eigenvalue weighted by Crippen LogP contribution is -2.19. The first kappa shape index (κ1) is 11.1. The highest BCUT2D eigenvalue weighted by Gasteiger charge is 2.20. The van der Waals surface area contributed by atoms with Gasteiger partial charge in [-0.1, -0.05) is 30.2 Å². The van der Waals surface area contributed by atoms with E-state index in [1.54, 1.807) is 0 Å². The Bertz CT molecular complexity index is 340. The van der Waals surface area contributed by atoms with E-state index in [4.69, 9.17) is 6.42 Å². The first-order valence-electron chi connectivity index (χ1n) is 4.66. The highest BCUT2D eigenvalue weighted by molar-refractivity contribution is 5.85. The highest BCUT2D eigenvalue weighted by Crippen LogP contribution is 2.30. The fourth-order valence-corrected chi connectivity index (χ4v) is 1.95. The second-order valence-electron chi connectivity index (χ2n) is 3.38. The molecule has 0 fully saturated rings. The highest BCUT2D eigenvalue weighted by atomic mass is 35.5. The molecule has 0 aliphatic heterocycles. The lowest BCUT2D eigenvalue weighted by Gasteiger charge is -2.10. The van der Waals surface area contributed by atoms with Crippen LogP contribution in [0.3, 0.4) is 0 Å². The number of fused-ring (bicyclic) bond motifs is 1. The van der Waals surface area contributed by atoms with Crippen molar-refractivity contribution in [2.45, 2.75) is 18.9 Å². The van der Waals surface area contributed by atoms with E-state index in [1.807, 2.05) is 0 Å². The normalized spacial score (nSPS) is 18.1. The van der Waals surface area contributed by atoms with Gasteiger partial charge in [0.25, 0.3) is 0 Å². The fraction of sp³-hybridized carbons (Fsp3) is 0.333. The van der Waals surface area contributed by atoms with Crippen molar-refractivity contribution in [2.24, 2.45) is 0 Å². The molecule has 0 unspecified atom stereocenters. The molecule has 74 valence electrons. The van der Waals surface area contributed by atoms with Crippen LogP contribution in [0.25, 0.3) is 0 Å². The number of hydrogen-bond donors (Lipinski definition) is 1. The van der Waals surface area contributed by atoms with Crippen LogP contribution in [0.15, 0.2) is 24.3 Å². The fourth-order valence-electron chi connectivity index (χ4n) is 1.95. The summed E-state index contributed by atoms with van der Waals surface area (Å²) in [4.78, 5) is 0. The van der Waals surface area contributed by atoms with E-state index in [0.29, 0.717) is 12.6 Å². The quantitative estimate of drug-likeness (QED) is 0.734. The van der Waals surface area contributed by atoms with Crippen molar-refractivity contribution >= 4 is 12.4 Å². The molecule has 0 heterocycles. The van der Waals surface area contributed by atoms with Gasteiger partial charge >= 0.3 is 0 Å². The van der Waals surface area contributed by atoms with Gasteiger partial charge in [-0.2, -0.15) is 0 Å². The van der Waals surface area contributed by atoms with Crippen LogP contribution in [0, 0.1) is 12.3 Å². The maximum Gasteiger partial charge on any atom is 0.0578 e. The summed E-state index contributed by atoms with van der Waals surface area (Å²) in [5.41, 5.74) is 2.90. The van der Waals surface area contributed by atoms with Crippen molar-refractivity contribution in [1.29, 1.82) is 0 Å². The molecular weight excluding hydrogens is 194 g/mol. The van der Waals surface area contributed by atoms with Crippen molar-refractivity contribution in [3.8, 4) is 12.3 Å². The van der Waals surface area contributed by atoms with Crippen molar-refractivity contribution in [3.05, 3.63) is 35.4 Å². The molecule has 1 aliphatic rings. The second-order valence-corrected chi connectivity index (χ2v) is 3.38. The standard InChI is InChI=1S/C12H13N.ClH/c1-2-9-13-12-8-7-10-5-3-4-6-11(10)12;/h1,3-6,12-13H,7-9H2;1H/t12-;/m0./s1. The molecule has 2 rings (SSSR count). The van der Waals surface area contributed by atoms with Crippen LogP contribution in [0.1, 0.15) is 23.6 Å². The monoisotopic (exact) mass is 207 g/mol. The Kier molecular flexibility index (Phi) is 4.00. The third-order valence-corrected chi connectivity index (χ3v) is 2.58. The van der Waals surface area contributed by atoms with Gasteiger partial charge in [0.2, 0.25) is 0 Å². The first-order chi connectivity index (χ1) is 6.42. The number of halogens is 1. The largest absolute Gasteiger partial charge is 0.299 e. The Morgan fingerprint density at radius 3 is 3.00 bits per heavy atom. The van der Waals surface area contributed by atoms with Crippen LogP contribution in [-0.4, -0.2) is 6.54 Å². The number of terminal acetylenes is 1. The first-order valence-corrected chi connectivity index (χ1v) is 4.66.